The van der Waals surface area contributed by atoms with Crippen LogP contribution in [0.4, 0.5) is 0 Å². The van der Waals surface area contributed by atoms with Crippen LogP contribution in [-0.4, -0.2) is 40.5 Å². The highest BCUT2D eigenvalue weighted by molar-refractivity contribution is 5.74. The van der Waals surface area contributed by atoms with E-state index >= 15 is 0 Å². The first-order valence-corrected chi connectivity index (χ1v) is 6.21. The molecule has 1 aliphatic heterocycles. The molecule has 1 saturated heterocycles. The summed E-state index contributed by atoms with van der Waals surface area (Å²) in [5.41, 5.74) is 2.19. The first-order chi connectivity index (χ1) is 8.33. The molecule has 4 heteroatoms. The van der Waals surface area contributed by atoms with E-state index in [2.05, 4.69) is 39.2 Å². The van der Waals surface area contributed by atoms with Crippen molar-refractivity contribution < 1.29 is 0 Å². The van der Waals surface area contributed by atoms with Gasteiger partial charge in [0, 0.05) is 25.7 Å². The molecule has 2 aromatic rings. The van der Waals surface area contributed by atoms with E-state index in [0.29, 0.717) is 6.04 Å². The van der Waals surface area contributed by atoms with Crippen LogP contribution in [0.1, 0.15) is 12.7 Å². The zero-order valence-electron chi connectivity index (χ0n) is 10.1. The van der Waals surface area contributed by atoms with Crippen LogP contribution in [0.5, 0.6) is 0 Å². The number of aromatic nitrogens is 2. The number of nitrogens with one attached hydrogen (secondary N) is 2. The molecule has 1 aromatic heterocycles. The summed E-state index contributed by atoms with van der Waals surface area (Å²) in [5, 5.41) is 3.40. The van der Waals surface area contributed by atoms with E-state index in [4.69, 9.17) is 0 Å². The second-order valence-corrected chi connectivity index (χ2v) is 4.72. The minimum atomic E-state index is 0.581. The summed E-state index contributed by atoms with van der Waals surface area (Å²) >= 11 is 0. The Morgan fingerprint density at radius 1 is 1.41 bits per heavy atom. The van der Waals surface area contributed by atoms with E-state index in [1.165, 1.54) is 0 Å². The summed E-state index contributed by atoms with van der Waals surface area (Å²) in [5.74, 6) is 1.07. The van der Waals surface area contributed by atoms with Gasteiger partial charge in [-0.25, -0.2) is 4.98 Å². The topological polar surface area (TPSA) is 44.0 Å². The maximum absolute atomic E-state index is 4.62. The standard InChI is InChI=1S/C13H18N4/c1-10-8-14-6-7-17(10)9-13-15-11-4-2-3-5-12(11)16-13/h2-5,10,14H,6-9H2,1H3,(H,15,16)/t10-/m1/s1. The number of rotatable bonds is 2. The largest absolute Gasteiger partial charge is 0.341 e. The summed E-state index contributed by atoms with van der Waals surface area (Å²) in [6.45, 7) is 6.41. The Bertz CT molecular complexity index is 472. The molecule has 1 atom stereocenters. The van der Waals surface area contributed by atoms with Gasteiger partial charge in [0.2, 0.25) is 0 Å². The predicted molar refractivity (Wildman–Crippen MR) is 68.8 cm³/mol. The molecule has 0 spiro atoms. The van der Waals surface area contributed by atoms with Gasteiger partial charge < -0.3 is 10.3 Å². The number of hydrogen-bond acceptors (Lipinski definition) is 3. The molecule has 1 aromatic carbocycles. The number of para-hydroxylation sites is 2. The van der Waals surface area contributed by atoms with Crippen LogP contribution < -0.4 is 5.32 Å². The van der Waals surface area contributed by atoms with Crippen molar-refractivity contribution in [2.75, 3.05) is 19.6 Å². The number of fused-ring (bicyclic) bond motifs is 1. The summed E-state index contributed by atoms with van der Waals surface area (Å²) in [6, 6.07) is 8.78. The van der Waals surface area contributed by atoms with Crippen LogP contribution in [0.15, 0.2) is 24.3 Å². The van der Waals surface area contributed by atoms with Gasteiger partial charge in [-0.1, -0.05) is 12.1 Å². The molecule has 0 amide bonds. The van der Waals surface area contributed by atoms with Crippen molar-refractivity contribution in [1.82, 2.24) is 20.2 Å². The van der Waals surface area contributed by atoms with Crippen molar-refractivity contribution in [2.24, 2.45) is 0 Å². The Kier molecular flexibility index (Phi) is 2.82. The van der Waals surface area contributed by atoms with Gasteiger partial charge in [0.25, 0.3) is 0 Å². The van der Waals surface area contributed by atoms with E-state index in [9.17, 15) is 0 Å². The first-order valence-electron chi connectivity index (χ1n) is 6.21. The number of imidazole rings is 1. The molecule has 0 aliphatic carbocycles. The zero-order valence-corrected chi connectivity index (χ0v) is 10.1. The molecular formula is C13H18N4. The van der Waals surface area contributed by atoms with E-state index in [1.807, 2.05) is 12.1 Å². The third-order valence-corrected chi connectivity index (χ3v) is 3.43. The fourth-order valence-corrected chi connectivity index (χ4v) is 2.39. The third-order valence-electron chi connectivity index (χ3n) is 3.43. The number of benzene rings is 1. The number of nitrogens with zero attached hydrogens (tertiary/aromatic N) is 2. The highest BCUT2D eigenvalue weighted by Gasteiger charge is 2.18. The van der Waals surface area contributed by atoms with E-state index in [1.54, 1.807) is 0 Å². The molecular weight excluding hydrogens is 212 g/mol. The predicted octanol–water partition coefficient (Wildman–Crippen LogP) is 1.36. The number of aromatic amines is 1. The molecule has 1 aliphatic rings. The minimum Gasteiger partial charge on any atom is -0.341 e. The molecule has 2 N–H and O–H groups in total. The molecule has 0 bridgehead atoms. The summed E-state index contributed by atoms with van der Waals surface area (Å²) < 4.78 is 0. The van der Waals surface area contributed by atoms with Crippen molar-refractivity contribution in [3.63, 3.8) is 0 Å². The maximum Gasteiger partial charge on any atom is 0.121 e. The monoisotopic (exact) mass is 230 g/mol. The van der Waals surface area contributed by atoms with E-state index < -0.39 is 0 Å². The van der Waals surface area contributed by atoms with Gasteiger partial charge in [-0.15, -0.1) is 0 Å². The lowest BCUT2D eigenvalue weighted by Crippen LogP contribution is -2.49. The SMILES string of the molecule is C[C@@H]1CNCCN1Cc1nc2ccccc2[nH]1. The fraction of sp³-hybridized carbons (Fsp3) is 0.462. The number of H-pyrrole nitrogens is 1. The second-order valence-electron chi connectivity index (χ2n) is 4.72. The molecule has 2 heterocycles. The van der Waals surface area contributed by atoms with Gasteiger partial charge in [-0.05, 0) is 19.1 Å². The van der Waals surface area contributed by atoms with Crippen molar-refractivity contribution >= 4 is 11.0 Å². The molecule has 1 fully saturated rings. The first kappa shape index (κ1) is 10.7. The lowest BCUT2D eigenvalue weighted by atomic mass is 10.2. The Balaban J connectivity index is 1.79. The van der Waals surface area contributed by atoms with Crippen LogP contribution in [0.25, 0.3) is 11.0 Å². The Morgan fingerprint density at radius 2 is 2.29 bits per heavy atom. The highest BCUT2D eigenvalue weighted by Crippen LogP contribution is 2.13. The Morgan fingerprint density at radius 3 is 3.12 bits per heavy atom. The smallest absolute Gasteiger partial charge is 0.121 e. The van der Waals surface area contributed by atoms with Gasteiger partial charge >= 0.3 is 0 Å². The average molecular weight is 230 g/mol. The number of piperazine rings is 1. The van der Waals surface area contributed by atoms with Crippen LogP contribution in [0.3, 0.4) is 0 Å². The molecule has 0 radical (unpaired) electrons. The zero-order chi connectivity index (χ0) is 11.7. The summed E-state index contributed by atoms with van der Waals surface area (Å²) in [7, 11) is 0. The number of hydrogen-bond donors (Lipinski definition) is 2. The van der Waals surface area contributed by atoms with Crippen molar-refractivity contribution in [3.8, 4) is 0 Å². The van der Waals surface area contributed by atoms with Crippen molar-refractivity contribution in [2.45, 2.75) is 19.5 Å². The third kappa shape index (κ3) is 2.18. The quantitative estimate of drug-likeness (QED) is 0.818. The molecule has 0 unspecified atom stereocenters. The molecule has 3 rings (SSSR count). The Hall–Kier alpha value is -1.39. The molecule has 4 nitrogen and oxygen atoms in total. The minimum absolute atomic E-state index is 0.581. The van der Waals surface area contributed by atoms with E-state index in [-0.39, 0.29) is 0 Å². The van der Waals surface area contributed by atoms with Crippen LogP contribution in [-0.2, 0) is 6.54 Å². The van der Waals surface area contributed by atoms with Gasteiger partial charge in [0.15, 0.2) is 0 Å². The molecule has 90 valence electrons. The van der Waals surface area contributed by atoms with Crippen LogP contribution in [0, 0.1) is 0 Å². The van der Waals surface area contributed by atoms with Crippen LogP contribution >= 0.6 is 0 Å². The summed E-state index contributed by atoms with van der Waals surface area (Å²) in [6.07, 6.45) is 0. The van der Waals surface area contributed by atoms with Gasteiger partial charge in [-0.2, -0.15) is 0 Å². The summed E-state index contributed by atoms with van der Waals surface area (Å²) in [4.78, 5) is 10.5. The Labute approximate surface area is 101 Å². The second kappa shape index (κ2) is 4.47. The van der Waals surface area contributed by atoms with Gasteiger partial charge in [0.1, 0.15) is 5.82 Å². The molecule has 0 saturated carbocycles. The van der Waals surface area contributed by atoms with Crippen molar-refractivity contribution in [1.29, 1.82) is 0 Å². The lowest BCUT2D eigenvalue weighted by molar-refractivity contribution is 0.162. The van der Waals surface area contributed by atoms with Gasteiger partial charge in [-0.3, -0.25) is 4.90 Å². The van der Waals surface area contributed by atoms with Crippen LogP contribution in [0.2, 0.25) is 0 Å². The maximum atomic E-state index is 4.62. The highest BCUT2D eigenvalue weighted by atomic mass is 15.2. The molecule has 17 heavy (non-hydrogen) atoms. The van der Waals surface area contributed by atoms with Crippen molar-refractivity contribution in [3.05, 3.63) is 30.1 Å². The van der Waals surface area contributed by atoms with Gasteiger partial charge in [0.05, 0.1) is 17.6 Å². The average Bonchev–Trinajstić information content (AvgIpc) is 2.74. The fourth-order valence-electron chi connectivity index (χ4n) is 2.39. The lowest BCUT2D eigenvalue weighted by Gasteiger charge is -2.33. The normalized spacial score (nSPS) is 22.1. The van der Waals surface area contributed by atoms with E-state index in [0.717, 1.165) is 43.0 Å².